The van der Waals surface area contributed by atoms with Gasteiger partial charge in [0, 0.05) is 18.3 Å². The van der Waals surface area contributed by atoms with E-state index in [1.165, 1.54) is 31.5 Å². The molecule has 2 heteroatoms. The van der Waals surface area contributed by atoms with E-state index in [0.29, 0.717) is 0 Å². The van der Waals surface area contributed by atoms with E-state index in [1.54, 1.807) is 0 Å². The Morgan fingerprint density at radius 1 is 1.38 bits per heavy atom. The van der Waals surface area contributed by atoms with Crippen molar-refractivity contribution in [3.63, 3.8) is 0 Å². The number of benzene rings is 1. The monoisotopic (exact) mass is 212 g/mol. The van der Waals surface area contributed by atoms with Crippen LogP contribution in [-0.2, 0) is 0 Å². The minimum Gasteiger partial charge on any atom is -0.368 e. The summed E-state index contributed by atoms with van der Waals surface area (Å²) in [4.78, 5) is 2.53. The van der Waals surface area contributed by atoms with Gasteiger partial charge in [-0.25, -0.2) is 0 Å². The largest absolute Gasteiger partial charge is 0.368 e. The number of fused-ring (bicyclic) bond motifs is 2. The molecule has 16 heavy (non-hydrogen) atoms. The van der Waals surface area contributed by atoms with Gasteiger partial charge in [0.15, 0.2) is 0 Å². The predicted octanol–water partition coefficient (Wildman–Crippen LogP) is 2.86. The molecule has 0 spiro atoms. The Morgan fingerprint density at radius 3 is 2.81 bits per heavy atom. The Hall–Kier alpha value is -1.49. The van der Waals surface area contributed by atoms with Crippen molar-refractivity contribution in [3.05, 3.63) is 29.3 Å². The Kier molecular flexibility index (Phi) is 2.14. The molecule has 2 atom stereocenters. The van der Waals surface area contributed by atoms with Crippen LogP contribution >= 0.6 is 0 Å². The summed E-state index contributed by atoms with van der Waals surface area (Å²) >= 11 is 0. The first-order valence-electron chi connectivity index (χ1n) is 6.05. The average Bonchev–Trinajstić information content (AvgIpc) is 2.90. The minimum atomic E-state index is 0.761. The second-order valence-electron chi connectivity index (χ2n) is 5.10. The molecule has 2 bridgehead atoms. The summed E-state index contributed by atoms with van der Waals surface area (Å²) in [5.74, 6) is 0.918. The number of hydrogen-bond acceptors (Lipinski definition) is 2. The lowest BCUT2D eigenvalue weighted by Gasteiger charge is -2.29. The van der Waals surface area contributed by atoms with Gasteiger partial charge in [-0.1, -0.05) is 0 Å². The van der Waals surface area contributed by atoms with Gasteiger partial charge in [-0.15, -0.1) is 0 Å². The summed E-state index contributed by atoms with van der Waals surface area (Å²) in [6, 6.07) is 9.21. The molecular weight excluding hydrogens is 196 g/mol. The van der Waals surface area contributed by atoms with Crippen molar-refractivity contribution in [3.8, 4) is 6.07 Å². The molecule has 0 aromatic heterocycles. The number of piperidine rings is 1. The van der Waals surface area contributed by atoms with Crippen LogP contribution in [0, 0.1) is 24.2 Å². The third-order valence-electron chi connectivity index (χ3n) is 4.07. The van der Waals surface area contributed by atoms with Gasteiger partial charge in [0.2, 0.25) is 0 Å². The van der Waals surface area contributed by atoms with Gasteiger partial charge in [-0.2, -0.15) is 5.26 Å². The Morgan fingerprint density at radius 2 is 2.25 bits per heavy atom. The van der Waals surface area contributed by atoms with Gasteiger partial charge in [-0.05, 0) is 55.9 Å². The van der Waals surface area contributed by atoms with Crippen molar-refractivity contribution < 1.29 is 0 Å². The van der Waals surface area contributed by atoms with Crippen molar-refractivity contribution in [2.45, 2.75) is 32.2 Å². The van der Waals surface area contributed by atoms with Gasteiger partial charge in [0.05, 0.1) is 11.6 Å². The summed E-state index contributed by atoms with van der Waals surface area (Å²) in [5, 5.41) is 8.92. The molecule has 2 fully saturated rings. The van der Waals surface area contributed by atoms with Gasteiger partial charge in [0.1, 0.15) is 0 Å². The summed E-state index contributed by atoms with van der Waals surface area (Å²) < 4.78 is 0. The fourth-order valence-corrected chi connectivity index (χ4v) is 3.19. The number of aryl methyl sites for hydroxylation is 1. The van der Waals surface area contributed by atoms with E-state index >= 15 is 0 Å². The Bertz CT molecular complexity index is 458. The van der Waals surface area contributed by atoms with Crippen LogP contribution in [0.5, 0.6) is 0 Å². The topological polar surface area (TPSA) is 27.0 Å². The molecule has 1 aliphatic heterocycles. The maximum atomic E-state index is 8.92. The van der Waals surface area contributed by atoms with Crippen LogP contribution in [0.2, 0.25) is 0 Å². The third kappa shape index (κ3) is 1.39. The zero-order valence-corrected chi connectivity index (χ0v) is 9.61. The Balaban J connectivity index is 1.91. The van der Waals surface area contributed by atoms with Crippen LogP contribution in [0.4, 0.5) is 5.69 Å². The molecule has 3 rings (SSSR count). The highest BCUT2D eigenvalue weighted by Crippen LogP contribution is 2.40. The lowest BCUT2D eigenvalue weighted by atomic mass is 10.1. The molecule has 2 aliphatic rings. The van der Waals surface area contributed by atoms with E-state index in [4.69, 9.17) is 5.26 Å². The van der Waals surface area contributed by atoms with Crippen LogP contribution in [0.1, 0.15) is 30.4 Å². The van der Waals surface area contributed by atoms with Crippen LogP contribution in [0.3, 0.4) is 0 Å². The zero-order chi connectivity index (χ0) is 11.1. The quantitative estimate of drug-likeness (QED) is 0.715. The second kappa shape index (κ2) is 3.52. The molecule has 0 radical (unpaired) electrons. The summed E-state index contributed by atoms with van der Waals surface area (Å²) in [6.07, 6.45) is 4.14. The lowest BCUT2D eigenvalue weighted by molar-refractivity contribution is 0.553. The highest BCUT2D eigenvalue weighted by molar-refractivity contribution is 5.55. The maximum Gasteiger partial charge on any atom is 0.0994 e. The van der Waals surface area contributed by atoms with Crippen molar-refractivity contribution in [2.75, 3.05) is 11.4 Å². The van der Waals surface area contributed by atoms with Crippen molar-refractivity contribution in [1.29, 1.82) is 5.26 Å². The smallest absolute Gasteiger partial charge is 0.0994 e. The van der Waals surface area contributed by atoms with Crippen LogP contribution in [0.25, 0.3) is 0 Å². The van der Waals surface area contributed by atoms with E-state index < -0.39 is 0 Å². The van der Waals surface area contributed by atoms with Crippen LogP contribution in [-0.4, -0.2) is 12.6 Å². The molecule has 1 aliphatic carbocycles. The number of nitriles is 1. The molecule has 82 valence electrons. The van der Waals surface area contributed by atoms with E-state index in [-0.39, 0.29) is 0 Å². The first-order valence-corrected chi connectivity index (χ1v) is 6.05. The van der Waals surface area contributed by atoms with E-state index in [0.717, 1.165) is 23.1 Å². The standard InChI is InChI=1S/C14H16N2/c1-10-6-13(5-3-12(10)8-15)16-9-11-2-4-14(16)7-11/h3,5-6,11,14H,2,4,7,9H2,1H3. The van der Waals surface area contributed by atoms with Crippen molar-refractivity contribution in [1.82, 2.24) is 0 Å². The van der Waals surface area contributed by atoms with E-state index in [2.05, 4.69) is 23.1 Å². The molecule has 1 heterocycles. The molecule has 1 saturated heterocycles. The number of hydrogen-bond donors (Lipinski definition) is 0. The summed E-state index contributed by atoms with van der Waals surface area (Å²) in [6.45, 7) is 3.24. The summed E-state index contributed by atoms with van der Waals surface area (Å²) in [5.41, 5.74) is 3.21. The first-order chi connectivity index (χ1) is 7.78. The average molecular weight is 212 g/mol. The number of rotatable bonds is 1. The van der Waals surface area contributed by atoms with Gasteiger partial charge in [-0.3, -0.25) is 0 Å². The van der Waals surface area contributed by atoms with Crippen LogP contribution < -0.4 is 4.90 Å². The van der Waals surface area contributed by atoms with Crippen molar-refractivity contribution in [2.24, 2.45) is 5.92 Å². The van der Waals surface area contributed by atoms with Gasteiger partial charge < -0.3 is 4.90 Å². The van der Waals surface area contributed by atoms with Gasteiger partial charge >= 0.3 is 0 Å². The third-order valence-corrected chi connectivity index (χ3v) is 4.07. The number of anilines is 1. The fourth-order valence-electron chi connectivity index (χ4n) is 3.19. The molecular formula is C14H16N2. The van der Waals surface area contributed by atoms with E-state index in [1.807, 2.05) is 13.0 Å². The highest BCUT2D eigenvalue weighted by atomic mass is 15.2. The van der Waals surface area contributed by atoms with E-state index in [9.17, 15) is 0 Å². The SMILES string of the molecule is Cc1cc(N2CC3CCC2C3)ccc1C#N. The fraction of sp³-hybridized carbons (Fsp3) is 0.500. The minimum absolute atomic E-state index is 0.761. The molecule has 2 nitrogen and oxygen atoms in total. The molecule has 0 amide bonds. The van der Waals surface area contributed by atoms with Crippen molar-refractivity contribution >= 4 is 5.69 Å². The molecule has 1 saturated carbocycles. The zero-order valence-electron chi connectivity index (χ0n) is 9.61. The predicted molar refractivity (Wildman–Crippen MR) is 64.4 cm³/mol. The van der Waals surface area contributed by atoms with Gasteiger partial charge in [0.25, 0.3) is 0 Å². The second-order valence-corrected chi connectivity index (χ2v) is 5.10. The first kappa shape index (κ1) is 9.72. The number of nitrogens with zero attached hydrogens (tertiary/aromatic N) is 2. The summed E-state index contributed by atoms with van der Waals surface area (Å²) in [7, 11) is 0. The molecule has 0 N–H and O–H groups in total. The normalized spacial score (nSPS) is 27.1. The molecule has 1 aromatic carbocycles. The highest BCUT2D eigenvalue weighted by Gasteiger charge is 2.37. The lowest BCUT2D eigenvalue weighted by Crippen LogP contribution is -2.31. The van der Waals surface area contributed by atoms with Crippen LogP contribution in [0.15, 0.2) is 18.2 Å². The Labute approximate surface area is 96.5 Å². The molecule has 2 unspecified atom stereocenters. The molecule has 1 aromatic rings. The maximum absolute atomic E-state index is 8.92.